The highest BCUT2D eigenvalue weighted by atomic mass is 79.9. The van der Waals surface area contributed by atoms with E-state index in [1.54, 1.807) is 0 Å². The molecule has 3 nitrogen and oxygen atoms in total. The maximum atomic E-state index is 12.7. The number of halogens is 1. The van der Waals surface area contributed by atoms with Crippen LogP contribution in [0.25, 0.3) is 0 Å². The molecular weight excluding hydrogens is 356 g/mol. The number of hydrogen-bond donors (Lipinski definition) is 2. The van der Waals surface area contributed by atoms with E-state index in [1.165, 1.54) is 0 Å². The molecule has 4 aliphatic rings. The molecular formula is C19H29BrO3. The maximum Gasteiger partial charge on any atom is 0.152 e. The van der Waals surface area contributed by atoms with Gasteiger partial charge in [0.05, 0.1) is 17.0 Å². The van der Waals surface area contributed by atoms with Gasteiger partial charge in [-0.15, -0.1) is 0 Å². The number of Topliss-reactive ketones (excluding diaryl/α,β-unsaturated/α-hetero) is 1. The third kappa shape index (κ3) is 2.17. The highest BCUT2D eigenvalue weighted by molar-refractivity contribution is 9.10. The van der Waals surface area contributed by atoms with Crippen LogP contribution in [0.1, 0.15) is 58.8 Å². The van der Waals surface area contributed by atoms with E-state index in [0.29, 0.717) is 23.5 Å². The van der Waals surface area contributed by atoms with E-state index >= 15 is 0 Å². The van der Waals surface area contributed by atoms with Gasteiger partial charge in [0.2, 0.25) is 0 Å². The molecule has 0 amide bonds. The molecule has 0 bridgehead atoms. The van der Waals surface area contributed by atoms with E-state index < -0.39 is 0 Å². The lowest BCUT2D eigenvalue weighted by atomic mass is 9.44. The number of ketones is 1. The van der Waals surface area contributed by atoms with Crippen LogP contribution in [0.2, 0.25) is 0 Å². The summed E-state index contributed by atoms with van der Waals surface area (Å²) in [6.45, 7) is 4.54. The van der Waals surface area contributed by atoms with Crippen molar-refractivity contribution in [1.82, 2.24) is 0 Å². The second kappa shape index (κ2) is 5.28. The third-order valence-corrected chi connectivity index (χ3v) is 9.14. The van der Waals surface area contributed by atoms with Crippen molar-refractivity contribution in [3.05, 3.63) is 0 Å². The van der Waals surface area contributed by atoms with Crippen molar-refractivity contribution in [3.63, 3.8) is 0 Å². The monoisotopic (exact) mass is 384 g/mol. The van der Waals surface area contributed by atoms with Crippen molar-refractivity contribution in [2.45, 2.75) is 75.8 Å². The van der Waals surface area contributed by atoms with Gasteiger partial charge in [0.25, 0.3) is 0 Å². The van der Waals surface area contributed by atoms with Gasteiger partial charge >= 0.3 is 0 Å². The van der Waals surface area contributed by atoms with Gasteiger partial charge in [0.1, 0.15) is 0 Å². The summed E-state index contributed by atoms with van der Waals surface area (Å²) in [5.41, 5.74) is -0.00834. The average molecular weight is 385 g/mol. The van der Waals surface area contributed by atoms with E-state index in [9.17, 15) is 15.0 Å². The topological polar surface area (TPSA) is 57.5 Å². The van der Waals surface area contributed by atoms with Gasteiger partial charge in [-0.3, -0.25) is 4.79 Å². The molecule has 0 aromatic carbocycles. The lowest BCUT2D eigenvalue weighted by Gasteiger charge is -2.61. The fourth-order valence-electron chi connectivity index (χ4n) is 6.95. The fraction of sp³-hybridized carbons (Fsp3) is 0.947. The first kappa shape index (κ1) is 16.5. The molecule has 0 aromatic rings. The van der Waals surface area contributed by atoms with Crippen LogP contribution in [0, 0.1) is 34.5 Å². The minimum Gasteiger partial charge on any atom is -0.393 e. The van der Waals surface area contributed by atoms with Crippen LogP contribution in [0.5, 0.6) is 0 Å². The van der Waals surface area contributed by atoms with E-state index in [1.807, 2.05) is 0 Å². The molecule has 23 heavy (non-hydrogen) atoms. The minimum atomic E-state index is -0.307. The number of carbonyl (C=O) groups is 1. The van der Waals surface area contributed by atoms with Gasteiger partial charge < -0.3 is 10.2 Å². The van der Waals surface area contributed by atoms with Gasteiger partial charge in [-0.25, -0.2) is 0 Å². The largest absolute Gasteiger partial charge is 0.393 e. The molecule has 4 heteroatoms. The Kier molecular flexibility index (Phi) is 3.80. The van der Waals surface area contributed by atoms with E-state index in [4.69, 9.17) is 0 Å². The second-order valence-electron chi connectivity index (χ2n) is 9.25. The second-order valence-corrected chi connectivity index (χ2v) is 10.4. The number of hydrogen-bond acceptors (Lipinski definition) is 3. The molecule has 4 aliphatic carbocycles. The number of aliphatic hydroxyl groups excluding tert-OH is 2. The van der Waals surface area contributed by atoms with E-state index in [0.717, 1.165) is 44.9 Å². The standard InChI is InChI=1S/C19H29BrO3/c1-18-5-3-11(21)7-10(18)8-15(22)16-12(18)4-6-19(2)13(16)9-14(20)17(19)23/h10-16,21-22H,3-9H2,1-2H3/t10-,11-,12+,13+,14-,15-,16-,18+,19+/m1/s1. The molecule has 0 spiro atoms. The van der Waals surface area contributed by atoms with Gasteiger partial charge in [-0.1, -0.05) is 29.8 Å². The third-order valence-electron chi connectivity index (χ3n) is 8.35. The molecule has 9 atom stereocenters. The molecule has 0 heterocycles. The molecule has 0 aromatic heterocycles. The zero-order valence-corrected chi connectivity index (χ0v) is 15.8. The Morgan fingerprint density at radius 2 is 1.78 bits per heavy atom. The van der Waals surface area contributed by atoms with Crippen LogP contribution >= 0.6 is 15.9 Å². The van der Waals surface area contributed by atoms with Crippen LogP contribution in [0.15, 0.2) is 0 Å². The molecule has 0 saturated heterocycles. The van der Waals surface area contributed by atoms with Crippen LogP contribution in [-0.4, -0.2) is 33.0 Å². The van der Waals surface area contributed by atoms with Crippen molar-refractivity contribution in [2.24, 2.45) is 34.5 Å². The lowest BCUT2D eigenvalue weighted by molar-refractivity contribution is -0.171. The zero-order chi connectivity index (χ0) is 16.6. The van der Waals surface area contributed by atoms with Gasteiger partial charge in [-0.05, 0) is 74.0 Å². The number of fused-ring (bicyclic) bond motifs is 5. The number of carbonyl (C=O) groups excluding carboxylic acids is 1. The zero-order valence-electron chi connectivity index (χ0n) is 14.2. The molecule has 2 N–H and O–H groups in total. The summed E-state index contributed by atoms with van der Waals surface area (Å²) in [5.74, 6) is 1.88. The highest BCUT2D eigenvalue weighted by Gasteiger charge is 2.64. The first-order valence-corrected chi connectivity index (χ1v) is 10.2. The number of aliphatic hydroxyl groups is 2. The first-order valence-electron chi connectivity index (χ1n) is 9.32. The average Bonchev–Trinajstić information content (AvgIpc) is 2.73. The van der Waals surface area contributed by atoms with E-state index in [-0.39, 0.29) is 33.8 Å². The predicted molar refractivity (Wildman–Crippen MR) is 92.2 cm³/mol. The van der Waals surface area contributed by atoms with Crippen molar-refractivity contribution in [1.29, 1.82) is 0 Å². The highest BCUT2D eigenvalue weighted by Crippen LogP contribution is 2.65. The molecule has 130 valence electrons. The summed E-state index contributed by atoms with van der Waals surface area (Å²) < 4.78 is 0. The van der Waals surface area contributed by atoms with Gasteiger partial charge in [0.15, 0.2) is 5.78 Å². The first-order chi connectivity index (χ1) is 10.8. The molecule has 4 saturated carbocycles. The molecule has 4 rings (SSSR count). The van der Waals surface area contributed by atoms with Crippen molar-refractivity contribution in [2.75, 3.05) is 0 Å². The Bertz CT molecular complexity index is 523. The SMILES string of the molecule is C[C@]12CC[C@@H](O)C[C@@H]1C[C@@H](O)[C@@H]1[C@@H]2CC[C@]2(C)C(=O)[C@H](Br)C[C@@H]12. The lowest BCUT2D eigenvalue weighted by Crippen LogP contribution is -2.58. The normalized spacial score (nSPS) is 59.2. The summed E-state index contributed by atoms with van der Waals surface area (Å²) in [5, 5.41) is 21.0. The smallest absolute Gasteiger partial charge is 0.152 e. The predicted octanol–water partition coefficient (Wildman–Crippen LogP) is 3.30. The quantitative estimate of drug-likeness (QED) is 0.629. The Morgan fingerprint density at radius 1 is 1.04 bits per heavy atom. The number of alkyl halides is 1. The minimum absolute atomic E-state index is 0.0258. The molecule has 0 unspecified atom stereocenters. The van der Waals surface area contributed by atoms with Crippen molar-refractivity contribution in [3.8, 4) is 0 Å². The maximum absolute atomic E-state index is 12.7. The Morgan fingerprint density at radius 3 is 2.52 bits per heavy atom. The van der Waals surface area contributed by atoms with Crippen LogP contribution in [0.3, 0.4) is 0 Å². The summed E-state index contributed by atoms with van der Waals surface area (Å²) in [7, 11) is 0. The van der Waals surface area contributed by atoms with Crippen LogP contribution < -0.4 is 0 Å². The Labute approximate surface area is 147 Å². The summed E-state index contributed by atoms with van der Waals surface area (Å²) in [6, 6.07) is 0. The fourth-order valence-corrected chi connectivity index (χ4v) is 7.88. The Balaban J connectivity index is 1.69. The van der Waals surface area contributed by atoms with Crippen LogP contribution in [0.4, 0.5) is 0 Å². The van der Waals surface area contributed by atoms with Crippen molar-refractivity contribution >= 4 is 21.7 Å². The van der Waals surface area contributed by atoms with Crippen molar-refractivity contribution < 1.29 is 15.0 Å². The van der Waals surface area contributed by atoms with Gasteiger partial charge in [-0.2, -0.15) is 0 Å². The van der Waals surface area contributed by atoms with Crippen LogP contribution in [-0.2, 0) is 4.79 Å². The molecule has 0 radical (unpaired) electrons. The van der Waals surface area contributed by atoms with E-state index in [2.05, 4.69) is 29.8 Å². The summed E-state index contributed by atoms with van der Waals surface area (Å²) in [6.07, 6.45) is 6.04. The van der Waals surface area contributed by atoms with Gasteiger partial charge in [0, 0.05) is 5.41 Å². The Hall–Kier alpha value is 0.0700. The molecule has 0 aliphatic heterocycles. The molecule has 4 fully saturated rings. The summed E-state index contributed by atoms with van der Waals surface area (Å²) in [4.78, 5) is 12.7. The summed E-state index contributed by atoms with van der Waals surface area (Å²) >= 11 is 3.59. The number of rotatable bonds is 0.